The lowest BCUT2D eigenvalue weighted by Crippen LogP contribution is -2.54. The molecule has 3 heterocycles. The predicted octanol–water partition coefficient (Wildman–Crippen LogP) is 5.95. The Hall–Kier alpha value is -3.38. The highest BCUT2D eigenvalue weighted by Crippen LogP contribution is 2.43. The summed E-state index contributed by atoms with van der Waals surface area (Å²) in [4.78, 5) is 25.7. The summed E-state index contributed by atoms with van der Waals surface area (Å²) in [6, 6.07) is 11.4. The van der Waals surface area contributed by atoms with Gasteiger partial charge in [0, 0.05) is 43.7 Å². The molecular weight excluding hydrogens is 546 g/mol. The summed E-state index contributed by atoms with van der Waals surface area (Å²) in [7, 11) is 0. The predicted molar refractivity (Wildman–Crippen MR) is 145 cm³/mol. The number of nitrogens with one attached hydrogen (secondary N) is 1. The third kappa shape index (κ3) is 5.87. The molecule has 0 radical (unpaired) electrons. The molecule has 40 heavy (non-hydrogen) atoms. The van der Waals surface area contributed by atoms with Gasteiger partial charge in [-0.25, -0.2) is 14.4 Å². The number of esters is 1. The van der Waals surface area contributed by atoms with Crippen LogP contribution in [0.15, 0.2) is 53.6 Å². The number of halogens is 4. The van der Waals surface area contributed by atoms with Gasteiger partial charge in [-0.05, 0) is 68.7 Å². The summed E-state index contributed by atoms with van der Waals surface area (Å²) >= 11 is 1.12. The Balaban J connectivity index is 1.27. The van der Waals surface area contributed by atoms with Gasteiger partial charge in [0.25, 0.3) is 0 Å². The maximum absolute atomic E-state index is 13.9. The SMILES string of the molecule is CCOC(=O)C1(N2CCN(c3cccc(SNc4ccc(C(F)(F)F)c(-c5cc(F)ccc5C)n4)n3)CC2)CC1. The van der Waals surface area contributed by atoms with E-state index in [0.717, 1.165) is 42.7 Å². The first-order valence-corrected chi connectivity index (χ1v) is 13.8. The van der Waals surface area contributed by atoms with Crippen LogP contribution in [0.25, 0.3) is 11.3 Å². The van der Waals surface area contributed by atoms with Crippen molar-refractivity contribution in [3.8, 4) is 11.3 Å². The van der Waals surface area contributed by atoms with Crippen molar-refractivity contribution in [2.45, 2.75) is 43.4 Å². The van der Waals surface area contributed by atoms with E-state index >= 15 is 0 Å². The number of piperazine rings is 1. The molecule has 0 unspecified atom stereocenters. The van der Waals surface area contributed by atoms with Gasteiger partial charge in [0.1, 0.15) is 28.0 Å². The van der Waals surface area contributed by atoms with Crippen molar-refractivity contribution in [2.24, 2.45) is 0 Å². The molecule has 2 fully saturated rings. The molecule has 1 aromatic carbocycles. The highest BCUT2D eigenvalue weighted by Gasteiger charge is 2.56. The van der Waals surface area contributed by atoms with Crippen LogP contribution in [0.2, 0.25) is 0 Å². The second-order valence-electron chi connectivity index (χ2n) is 9.81. The maximum Gasteiger partial charge on any atom is 0.418 e. The molecule has 5 rings (SSSR count). The average molecular weight is 576 g/mol. The van der Waals surface area contributed by atoms with Crippen LogP contribution in [-0.2, 0) is 15.7 Å². The van der Waals surface area contributed by atoms with Crippen LogP contribution in [0.5, 0.6) is 0 Å². The monoisotopic (exact) mass is 575 g/mol. The van der Waals surface area contributed by atoms with Crippen molar-refractivity contribution in [1.29, 1.82) is 0 Å². The number of hydrogen-bond donors (Lipinski definition) is 1. The molecule has 0 spiro atoms. The lowest BCUT2D eigenvalue weighted by molar-refractivity contribution is -0.151. The molecule has 12 heteroatoms. The molecule has 3 aromatic rings. The molecule has 0 bridgehead atoms. The Morgan fingerprint density at radius 1 is 1.07 bits per heavy atom. The van der Waals surface area contributed by atoms with Gasteiger partial charge in [-0.1, -0.05) is 12.1 Å². The van der Waals surface area contributed by atoms with Crippen LogP contribution in [0.3, 0.4) is 0 Å². The van der Waals surface area contributed by atoms with Gasteiger partial charge in [0.2, 0.25) is 0 Å². The van der Waals surface area contributed by atoms with Crippen molar-refractivity contribution in [2.75, 3.05) is 42.4 Å². The Bertz CT molecular complexity index is 1390. The van der Waals surface area contributed by atoms with Gasteiger partial charge in [0.15, 0.2) is 0 Å². The first kappa shape index (κ1) is 28.2. The molecular formula is C28H29F4N5O2S. The van der Waals surface area contributed by atoms with Gasteiger partial charge in [-0.2, -0.15) is 13.2 Å². The number of anilines is 2. The Morgan fingerprint density at radius 3 is 2.50 bits per heavy atom. The molecule has 1 saturated heterocycles. The number of hydrogen-bond acceptors (Lipinski definition) is 8. The smallest absolute Gasteiger partial charge is 0.418 e. The minimum Gasteiger partial charge on any atom is -0.465 e. The molecule has 1 saturated carbocycles. The first-order valence-electron chi connectivity index (χ1n) is 13.0. The van der Waals surface area contributed by atoms with Crippen LogP contribution >= 0.6 is 11.9 Å². The van der Waals surface area contributed by atoms with Gasteiger partial charge in [0.05, 0.1) is 17.9 Å². The van der Waals surface area contributed by atoms with Crippen LogP contribution in [0.4, 0.5) is 29.2 Å². The first-order chi connectivity index (χ1) is 19.1. The number of nitrogens with zero attached hydrogens (tertiary/aromatic N) is 4. The van der Waals surface area contributed by atoms with Crippen LogP contribution in [0.1, 0.15) is 30.9 Å². The van der Waals surface area contributed by atoms with E-state index in [9.17, 15) is 22.4 Å². The Morgan fingerprint density at radius 2 is 1.82 bits per heavy atom. The fourth-order valence-corrected chi connectivity index (χ4v) is 5.55. The minimum atomic E-state index is -4.65. The van der Waals surface area contributed by atoms with Crippen molar-refractivity contribution in [3.63, 3.8) is 0 Å². The number of aryl methyl sites for hydroxylation is 1. The van der Waals surface area contributed by atoms with E-state index < -0.39 is 23.1 Å². The fraction of sp³-hybridized carbons (Fsp3) is 0.393. The van der Waals surface area contributed by atoms with E-state index in [2.05, 4.69) is 19.5 Å². The van der Waals surface area contributed by atoms with Gasteiger partial charge in [-0.15, -0.1) is 0 Å². The molecule has 7 nitrogen and oxygen atoms in total. The number of alkyl halides is 3. The third-order valence-electron chi connectivity index (χ3n) is 7.21. The van der Waals surface area contributed by atoms with E-state index in [1.807, 2.05) is 19.1 Å². The Kier molecular flexibility index (Phi) is 7.92. The molecule has 0 amide bonds. The van der Waals surface area contributed by atoms with Crippen molar-refractivity contribution in [3.05, 3.63) is 65.5 Å². The average Bonchev–Trinajstić information content (AvgIpc) is 3.75. The van der Waals surface area contributed by atoms with Gasteiger partial charge in [-0.3, -0.25) is 9.69 Å². The van der Waals surface area contributed by atoms with Gasteiger partial charge >= 0.3 is 12.1 Å². The van der Waals surface area contributed by atoms with E-state index in [-0.39, 0.29) is 23.0 Å². The molecule has 1 aliphatic carbocycles. The highest BCUT2D eigenvalue weighted by molar-refractivity contribution is 8.00. The molecule has 0 atom stereocenters. The van der Waals surface area contributed by atoms with Crippen molar-refractivity contribution in [1.82, 2.24) is 14.9 Å². The molecule has 1 aliphatic heterocycles. The summed E-state index contributed by atoms with van der Waals surface area (Å²) in [6.45, 7) is 6.63. The second-order valence-corrected chi connectivity index (χ2v) is 10.6. The summed E-state index contributed by atoms with van der Waals surface area (Å²) in [5, 5.41) is 0.607. The number of benzene rings is 1. The van der Waals surface area contributed by atoms with E-state index in [0.29, 0.717) is 43.4 Å². The summed E-state index contributed by atoms with van der Waals surface area (Å²) in [5.41, 5.74) is -1.20. The van der Waals surface area contributed by atoms with Crippen LogP contribution in [0, 0.1) is 12.7 Å². The van der Waals surface area contributed by atoms with Gasteiger partial charge < -0.3 is 14.4 Å². The van der Waals surface area contributed by atoms with Crippen LogP contribution < -0.4 is 9.62 Å². The summed E-state index contributed by atoms with van der Waals surface area (Å²) in [6.07, 6.45) is -3.01. The van der Waals surface area contributed by atoms with E-state index in [1.54, 1.807) is 13.0 Å². The third-order valence-corrected chi connectivity index (χ3v) is 7.96. The lowest BCUT2D eigenvalue weighted by Gasteiger charge is -2.39. The minimum absolute atomic E-state index is 0.0798. The van der Waals surface area contributed by atoms with Crippen molar-refractivity contribution >= 4 is 29.6 Å². The number of aromatic nitrogens is 2. The quantitative estimate of drug-likeness (QED) is 0.201. The summed E-state index contributed by atoms with van der Waals surface area (Å²) < 4.78 is 63.4. The van der Waals surface area contributed by atoms with E-state index in [4.69, 9.17) is 9.72 Å². The number of pyridine rings is 2. The zero-order chi connectivity index (χ0) is 28.5. The highest BCUT2D eigenvalue weighted by atomic mass is 32.2. The zero-order valence-electron chi connectivity index (χ0n) is 22.1. The van der Waals surface area contributed by atoms with Crippen molar-refractivity contribution < 1.29 is 27.1 Å². The summed E-state index contributed by atoms with van der Waals surface area (Å²) in [5.74, 6) is 0.173. The number of ether oxygens (including phenoxy) is 1. The number of carbonyl (C=O) groups is 1. The molecule has 2 aliphatic rings. The topological polar surface area (TPSA) is 70.6 Å². The van der Waals surface area contributed by atoms with Crippen LogP contribution in [-0.4, -0.2) is 59.2 Å². The lowest BCUT2D eigenvalue weighted by atomic mass is 10.0. The standard InChI is InChI=1S/C28H29F4N5O2S/c1-3-39-26(38)27(11-12-27)37-15-13-36(14-16-37)23-5-4-6-24(34-23)40-35-22-10-9-21(28(30,31)32)25(33-22)20-17-19(29)8-7-18(20)2/h4-10,17H,3,11-16H2,1-2H3,(H,33,35). The Labute approximate surface area is 234 Å². The second kappa shape index (κ2) is 11.2. The molecule has 212 valence electrons. The zero-order valence-corrected chi connectivity index (χ0v) is 22.9. The maximum atomic E-state index is 13.9. The number of carbonyl (C=O) groups excluding carboxylic acids is 1. The number of rotatable bonds is 8. The molecule has 1 N–H and O–H groups in total. The normalized spacial score (nSPS) is 17.0. The molecule has 2 aromatic heterocycles. The fourth-order valence-electron chi connectivity index (χ4n) is 4.94. The largest absolute Gasteiger partial charge is 0.465 e. The van der Waals surface area contributed by atoms with E-state index in [1.165, 1.54) is 18.2 Å².